The average molecular weight is 155 g/mol. The Bertz CT molecular complexity index is 167. The first-order chi connectivity index (χ1) is 5.25. The molecule has 0 aromatic carbocycles. The van der Waals surface area contributed by atoms with Crippen LogP contribution in [-0.4, -0.2) is 28.6 Å². The lowest BCUT2D eigenvalue weighted by atomic mass is 10.0. The van der Waals surface area contributed by atoms with Gasteiger partial charge in [-0.05, 0) is 25.3 Å². The lowest BCUT2D eigenvalue weighted by Gasteiger charge is -2.28. The second-order valence-electron chi connectivity index (χ2n) is 2.78. The fraction of sp³-hybridized carbons (Fsp3) is 0.625. The van der Waals surface area contributed by atoms with Crippen molar-refractivity contribution in [2.45, 2.75) is 25.3 Å². The number of hydrogen-bond donors (Lipinski definition) is 1. The Morgan fingerprint density at radius 3 is 2.91 bits per heavy atom. The molecule has 1 rings (SSSR count). The van der Waals surface area contributed by atoms with Crippen molar-refractivity contribution in [2.75, 3.05) is 6.54 Å². The number of piperidine rings is 1. The van der Waals surface area contributed by atoms with Gasteiger partial charge >= 0.3 is 0 Å². The van der Waals surface area contributed by atoms with E-state index in [4.69, 9.17) is 0 Å². The van der Waals surface area contributed by atoms with Gasteiger partial charge in [-0.1, -0.05) is 6.58 Å². The Labute approximate surface area is 66.3 Å². The second kappa shape index (κ2) is 3.64. The Hall–Kier alpha value is -0.670. The zero-order valence-corrected chi connectivity index (χ0v) is 6.49. The molecule has 11 heavy (non-hydrogen) atoms. The Balaban J connectivity index is 2.53. The summed E-state index contributed by atoms with van der Waals surface area (Å²) in [6.07, 6.45) is 4.01. The zero-order valence-electron chi connectivity index (χ0n) is 6.49. The molecule has 0 bridgehead atoms. The number of hydroxylamine groups is 2. The van der Waals surface area contributed by atoms with E-state index in [1.165, 1.54) is 6.08 Å². The van der Waals surface area contributed by atoms with Crippen LogP contribution >= 0.6 is 0 Å². The molecule has 0 amide bonds. The molecule has 1 aliphatic heterocycles. The van der Waals surface area contributed by atoms with Crippen molar-refractivity contribution in [1.29, 1.82) is 0 Å². The van der Waals surface area contributed by atoms with Crippen molar-refractivity contribution < 1.29 is 10.0 Å². The summed E-state index contributed by atoms with van der Waals surface area (Å²) in [6.45, 7) is 3.98. The van der Waals surface area contributed by atoms with Crippen LogP contribution in [0.25, 0.3) is 0 Å². The average Bonchev–Trinajstić information content (AvgIpc) is 2.04. The summed E-state index contributed by atoms with van der Waals surface area (Å²) in [4.78, 5) is 11.1. The molecule has 0 saturated carbocycles. The second-order valence-corrected chi connectivity index (χ2v) is 2.78. The molecule has 0 aliphatic carbocycles. The summed E-state index contributed by atoms with van der Waals surface area (Å²) in [5.74, 6) is -0.0767. The molecule has 62 valence electrons. The van der Waals surface area contributed by atoms with Crippen LogP contribution in [0.2, 0.25) is 0 Å². The lowest BCUT2D eigenvalue weighted by Crippen LogP contribution is -2.41. The molecule has 0 aromatic rings. The summed E-state index contributed by atoms with van der Waals surface area (Å²) in [7, 11) is 0. The van der Waals surface area contributed by atoms with Gasteiger partial charge in [0.1, 0.15) is 0 Å². The molecule has 1 heterocycles. The van der Waals surface area contributed by atoms with Crippen LogP contribution in [0.3, 0.4) is 0 Å². The molecule has 1 atom stereocenters. The highest BCUT2D eigenvalue weighted by molar-refractivity contribution is 5.93. The third-order valence-corrected chi connectivity index (χ3v) is 2.00. The minimum atomic E-state index is -0.332. The van der Waals surface area contributed by atoms with E-state index < -0.39 is 0 Å². The molecular weight excluding hydrogens is 142 g/mol. The van der Waals surface area contributed by atoms with Crippen LogP contribution in [0, 0.1) is 0 Å². The largest absolute Gasteiger partial charge is 0.313 e. The van der Waals surface area contributed by atoms with Crippen molar-refractivity contribution in [3.8, 4) is 0 Å². The predicted octanol–water partition coefficient (Wildman–Crippen LogP) is 0.985. The van der Waals surface area contributed by atoms with Crippen LogP contribution in [0.4, 0.5) is 0 Å². The Morgan fingerprint density at radius 2 is 2.36 bits per heavy atom. The van der Waals surface area contributed by atoms with Gasteiger partial charge in [0.15, 0.2) is 5.78 Å². The van der Waals surface area contributed by atoms with Crippen LogP contribution in [0.15, 0.2) is 12.7 Å². The predicted molar refractivity (Wildman–Crippen MR) is 41.3 cm³/mol. The number of carbonyl (C=O) groups excluding carboxylic acids is 1. The highest BCUT2D eigenvalue weighted by atomic mass is 16.5. The number of nitrogens with zero attached hydrogens (tertiary/aromatic N) is 1. The van der Waals surface area contributed by atoms with Gasteiger partial charge in [0.25, 0.3) is 0 Å². The van der Waals surface area contributed by atoms with Gasteiger partial charge in [0.2, 0.25) is 0 Å². The van der Waals surface area contributed by atoms with Crippen molar-refractivity contribution in [3.63, 3.8) is 0 Å². The number of carbonyl (C=O) groups is 1. The Kier molecular flexibility index (Phi) is 2.79. The summed E-state index contributed by atoms with van der Waals surface area (Å²) in [5.41, 5.74) is 0. The monoisotopic (exact) mass is 155 g/mol. The van der Waals surface area contributed by atoms with E-state index in [0.29, 0.717) is 6.54 Å². The van der Waals surface area contributed by atoms with Gasteiger partial charge in [-0.3, -0.25) is 4.79 Å². The fourth-order valence-electron chi connectivity index (χ4n) is 1.34. The van der Waals surface area contributed by atoms with Crippen molar-refractivity contribution in [2.24, 2.45) is 0 Å². The number of rotatable bonds is 2. The van der Waals surface area contributed by atoms with E-state index in [-0.39, 0.29) is 11.8 Å². The first kappa shape index (κ1) is 8.43. The molecule has 0 radical (unpaired) electrons. The summed E-state index contributed by atoms with van der Waals surface area (Å²) in [5, 5.41) is 10.4. The van der Waals surface area contributed by atoms with Crippen LogP contribution in [0.1, 0.15) is 19.3 Å². The van der Waals surface area contributed by atoms with Gasteiger partial charge in [0.05, 0.1) is 6.04 Å². The van der Waals surface area contributed by atoms with E-state index >= 15 is 0 Å². The van der Waals surface area contributed by atoms with E-state index in [1.807, 2.05) is 0 Å². The summed E-state index contributed by atoms with van der Waals surface area (Å²) in [6, 6.07) is -0.332. The SMILES string of the molecule is C=CC(=O)C1CCCCN1O. The van der Waals surface area contributed by atoms with Gasteiger partial charge in [-0.2, -0.15) is 5.06 Å². The smallest absolute Gasteiger partial charge is 0.174 e. The summed E-state index contributed by atoms with van der Waals surface area (Å²) >= 11 is 0. The van der Waals surface area contributed by atoms with E-state index in [1.54, 1.807) is 0 Å². The lowest BCUT2D eigenvalue weighted by molar-refractivity contribution is -0.157. The van der Waals surface area contributed by atoms with Crippen LogP contribution < -0.4 is 0 Å². The van der Waals surface area contributed by atoms with Crippen LogP contribution in [-0.2, 0) is 4.79 Å². The van der Waals surface area contributed by atoms with Crippen LogP contribution in [0.5, 0.6) is 0 Å². The number of ketones is 1. The molecule has 1 saturated heterocycles. The first-order valence-electron chi connectivity index (χ1n) is 3.87. The van der Waals surface area contributed by atoms with Gasteiger partial charge in [-0.15, -0.1) is 0 Å². The third kappa shape index (κ3) is 1.88. The quantitative estimate of drug-likeness (QED) is 0.604. The topological polar surface area (TPSA) is 40.5 Å². The first-order valence-corrected chi connectivity index (χ1v) is 3.87. The molecule has 1 aliphatic rings. The molecule has 1 N–H and O–H groups in total. The molecule has 0 spiro atoms. The van der Waals surface area contributed by atoms with Crippen molar-refractivity contribution >= 4 is 5.78 Å². The van der Waals surface area contributed by atoms with Crippen molar-refractivity contribution in [3.05, 3.63) is 12.7 Å². The molecule has 1 fully saturated rings. The third-order valence-electron chi connectivity index (χ3n) is 2.00. The molecule has 3 heteroatoms. The van der Waals surface area contributed by atoms with E-state index in [2.05, 4.69) is 6.58 Å². The molecular formula is C8H13NO2. The van der Waals surface area contributed by atoms with Gasteiger partial charge in [0, 0.05) is 6.54 Å². The van der Waals surface area contributed by atoms with Gasteiger partial charge < -0.3 is 5.21 Å². The minimum absolute atomic E-state index is 0.0767. The molecule has 0 aromatic heterocycles. The number of hydrogen-bond acceptors (Lipinski definition) is 3. The maximum Gasteiger partial charge on any atom is 0.174 e. The highest BCUT2D eigenvalue weighted by Gasteiger charge is 2.25. The standard InChI is InChI=1S/C8H13NO2/c1-2-8(10)7-5-3-4-6-9(7)11/h2,7,11H,1,3-6H2. The maximum atomic E-state index is 11.1. The molecule has 3 nitrogen and oxygen atoms in total. The fourth-order valence-corrected chi connectivity index (χ4v) is 1.34. The van der Waals surface area contributed by atoms with E-state index in [0.717, 1.165) is 24.3 Å². The highest BCUT2D eigenvalue weighted by Crippen LogP contribution is 2.15. The zero-order chi connectivity index (χ0) is 8.27. The normalized spacial score (nSPS) is 26.5. The molecule has 1 unspecified atom stereocenters. The summed E-state index contributed by atoms with van der Waals surface area (Å²) < 4.78 is 0. The van der Waals surface area contributed by atoms with E-state index in [9.17, 15) is 10.0 Å². The maximum absolute atomic E-state index is 11.1. The van der Waals surface area contributed by atoms with Crippen molar-refractivity contribution in [1.82, 2.24) is 5.06 Å². The van der Waals surface area contributed by atoms with Gasteiger partial charge in [-0.25, -0.2) is 0 Å². The Morgan fingerprint density at radius 1 is 1.64 bits per heavy atom. The minimum Gasteiger partial charge on any atom is -0.313 e.